The van der Waals surface area contributed by atoms with Gasteiger partial charge in [0.05, 0.1) is 11.5 Å². The molecule has 1 aliphatic rings. The van der Waals surface area contributed by atoms with E-state index < -0.39 is 0 Å². The molecule has 1 amide bonds. The van der Waals surface area contributed by atoms with E-state index in [2.05, 4.69) is 26.0 Å². The Morgan fingerprint density at radius 1 is 1.24 bits per heavy atom. The number of carbonyl (C=O) groups is 1. The fourth-order valence-corrected chi connectivity index (χ4v) is 4.12. The first-order chi connectivity index (χ1) is 12.0. The van der Waals surface area contributed by atoms with E-state index in [9.17, 15) is 4.79 Å². The van der Waals surface area contributed by atoms with Gasteiger partial charge in [-0.3, -0.25) is 9.69 Å². The van der Waals surface area contributed by atoms with Crippen LogP contribution in [-0.2, 0) is 4.79 Å². The lowest BCUT2D eigenvalue weighted by molar-refractivity contribution is -0.122. The summed E-state index contributed by atoms with van der Waals surface area (Å²) in [5.74, 6) is 1.15. The number of hydrogen-bond acceptors (Lipinski definition) is 4. The van der Waals surface area contributed by atoms with Crippen LogP contribution in [0, 0.1) is 5.92 Å². The Balaban J connectivity index is 2.07. The summed E-state index contributed by atoms with van der Waals surface area (Å²) in [6.45, 7) is 7.35. The standard InChI is InChI=1S/C20H21NO2S2/c1-4-23-17-10-9-14-7-5-6-8-15(14)16(17)11-18-19(22)21(12-13(2)3)20(24)25-18/h5-11,13H,4,12H2,1-3H3/b18-11-. The molecular weight excluding hydrogens is 350 g/mol. The molecule has 0 atom stereocenters. The van der Waals surface area contributed by atoms with Crippen LogP contribution >= 0.6 is 24.0 Å². The van der Waals surface area contributed by atoms with E-state index in [0.29, 0.717) is 28.3 Å². The second kappa shape index (κ2) is 7.58. The normalized spacial score (nSPS) is 16.5. The number of thioether (sulfide) groups is 1. The quantitative estimate of drug-likeness (QED) is 0.540. The van der Waals surface area contributed by atoms with E-state index in [4.69, 9.17) is 17.0 Å². The summed E-state index contributed by atoms with van der Waals surface area (Å²) in [6.07, 6.45) is 1.92. The van der Waals surface area contributed by atoms with Gasteiger partial charge in [0.25, 0.3) is 5.91 Å². The van der Waals surface area contributed by atoms with Gasteiger partial charge in [0, 0.05) is 12.1 Å². The Bertz CT molecular complexity index is 858. The van der Waals surface area contributed by atoms with E-state index in [1.54, 1.807) is 4.90 Å². The van der Waals surface area contributed by atoms with Gasteiger partial charge in [-0.1, -0.05) is 68.2 Å². The van der Waals surface area contributed by atoms with Gasteiger partial charge >= 0.3 is 0 Å². The summed E-state index contributed by atoms with van der Waals surface area (Å²) in [6, 6.07) is 12.1. The summed E-state index contributed by atoms with van der Waals surface area (Å²) in [7, 11) is 0. The molecule has 25 heavy (non-hydrogen) atoms. The van der Waals surface area contributed by atoms with Gasteiger partial charge in [0.15, 0.2) is 0 Å². The van der Waals surface area contributed by atoms with Crippen molar-refractivity contribution >= 4 is 51.1 Å². The zero-order valence-corrected chi connectivity index (χ0v) is 16.2. The van der Waals surface area contributed by atoms with Gasteiger partial charge in [0.1, 0.15) is 10.1 Å². The maximum atomic E-state index is 12.8. The molecule has 0 bridgehead atoms. The molecule has 0 unspecified atom stereocenters. The minimum atomic E-state index is -0.0147. The number of carbonyl (C=O) groups excluding carboxylic acids is 1. The average molecular weight is 372 g/mol. The van der Waals surface area contributed by atoms with Crippen LogP contribution < -0.4 is 4.74 Å². The number of hydrogen-bond donors (Lipinski definition) is 0. The van der Waals surface area contributed by atoms with E-state index in [-0.39, 0.29) is 5.91 Å². The van der Waals surface area contributed by atoms with Gasteiger partial charge < -0.3 is 4.74 Å². The van der Waals surface area contributed by atoms with Crippen LogP contribution in [0.4, 0.5) is 0 Å². The fourth-order valence-electron chi connectivity index (χ4n) is 2.86. The average Bonchev–Trinajstić information content (AvgIpc) is 2.84. The topological polar surface area (TPSA) is 29.5 Å². The highest BCUT2D eigenvalue weighted by Gasteiger charge is 2.32. The van der Waals surface area contributed by atoms with Gasteiger partial charge in [-0.05, 0) is 35.8 Å². The third kappa shape index (κ3) is 3.72. The van der Waals surface area contributed by atoms with Crippen molar-refractivity contribution in [3.05, 3.63) is 46.9 Å². The van der Waals surface area contributed by atoms with Gasteiger partial charge in [-0.15, -0.1) is 0 Å². The molecule has 1 fully saturated rings. The van der Waals surface area contributed by atoms with Crippen molar-refractivity contribution in [2.24, 2.45) is 5.92 Å². The zero-order valence-electron chi connectivity index (χ0n) is 14.6. The maximum absolute atomic E-state index is 12.8. The number of ether oxygens (including phenoxy) is 1. The van der Waals surface area contributed by atoms with Crippen LogP contribution in [0.1, 0.15) is 26.3 Å². The molecule has 0 N–H and O–H groups in total. The first kappa shape index (κ1) is 18.0. The van der Waals surface area contributed by atoms with E-state index in [0.717, 1.165) is 22.1 Å². The highest BCUT2D eigenvalue weighted by Crippen LogP contribution is 2.37. The SMILES string of the molecule is CCOc1ccc2ccccc2c1/C=C1\SC(=S)N(CC(C)C)C1=O. The lowest BCUT2D eigenvalue weighted by Crippen LogP contribution is -2.31. The molecular formula is C20H21NO2S2. The van der Waals surface area contributed by atoms with Crippen molar-refractivity contribution < 1.29 is 9.53 Å². The predicted octanol–water partition coefficient (Wildman–Crippen LogP) is 5.10. The molecule has 3 rings (SSSR count). The Labute approximate surface area is 158 Å². The molecule has 1 heterocycles. The van der Waals surface area contributed by atoms with Crippen molar-refractivity contribution in [3.63, 3.8) is 0 Å². The van der Waals surface area contributed by atoms with E-state index >= 15 is 0 Å². The van der Waals surface area contributed by atoms with Crippen molar-refractivity contribution in [1.82, 2.24) is 4.90 Å². The summed E-state index contributed by atoms with van der Waals surface area (Å²) in [4.78, 5) is 15.1. The summed E-state index contributed by atoms with van der Waals surface area (Å²) in [5.41, 5.74) is 0.935. The monoisotopic (exact) mass is 371 g/mol. The van der Waals surface area contributed by atoms with Crippen LogP contribution in [0.5, 0.6) is 5.75 Å². The van der Waals surface area contributed by atoms with Crippen molar-refractivity contribution in [2.45, 2.75) is 20.8 Å². The summed E-state index contributed by atoms with van der Waals surface area (Å²) < 4.78 is 6.43. The van der Waals surface area contributed by atoms with Crippen molar-refractivity contribution in [1.29, 1.82) is 0 Å². The van der Waals surface area contributed by atoms with Crippen LogP contribution in [0.25, 0.3) is 16.8 Å². The molecule has 3 nitrogen and oxygen atoms in total. The molecule has 1 saturated heterocycles. The highest BCUT2D eigenvalue weighted by atomic mass is 32.2. The molecule has 0 radical (unpaired) electrons. The first-order valence-corrected chi connectivity index (χ1v) is 9.63. The highest BCUT2D eigenvalue weighted by molar-refractivity contribution is 8.26. The molecule has 1 aliphatic heterocycles. The third-order valence-electron chi connectivity index (χ3n) is 3.93. The number of nitrogens with zero attached hydrogens (tertiary/aromatic N) is 1. The molecule has 0 aliphatic carbocycles. The molecule has 130 valence electrons. The Kier molecular flexibility index (Phi) is 5.45. The van der Waals surface area contributed by atoms with Gasteiger partial charge in [-0.25, -0.2) is 0 Å². The molecule has 0 spiro atoms. The van der Waals surface area contributed by atoms with Crippen molar-refractivity contribution in [3.8, 4) is 5.75 Å². The van der Waals surface area contributed by atoms with Gasteiger partial charge in [-0.2, -0.15) is 0 Å². The van der Waals surface area contributed by atoms with Crippen LogP contribution in [0.2, 0.25) is 0 Å². The third-order valence-corrected chi connectivity index (χ3v) is 5.31. The maximum Gasteiger partial charge on any atom is 0.266 e. The first-order valence-electron chi connectivity index (χ1n) is 8.41. The molecule has 2 aromatic rings. The van der Waals surface area contributed by atoms with E-state index in [1.165, 1.54) is 11.8 Å². The molecule has 0 saturated carbocycles. The number of thiocarbonyl (C=S) groups is 1. The Morgan fingerprint density at radius 3 is 2.72 bits per heavy atom. The minimum absolute atomic E-state index is 0.0147. The van der Waals surface area contributed by atoms with E-state index in [1.807, 2.05) is 37.3 Å². The molecule has 5 heteroatoms. The zero-order chi connectivity index (χ0) is 18.0. The van der Waals surface area contributed by atoms with Crippen LogP contribution in [0.15, 0.2) is 41.3 Å². The second-order valence-corrected chi connectivity index (χ2v) is 7.99. The van der Waals surface area contributed by atoms with Crippen molar-refractivity contribution in [2.75, 3.05) is 13.2 Å². The minimum Gasteiger partial charge on any atom is -0.493 e. The lowest BCUT2D eigenvalue weighted by atomic mass is 10.0. The summed E-state index contributed by atoms with van der Waals surface area (Å²) >= 11 is 6.77. The largest absolute Gasteiger partial charge is 0.493 e. The number of amides is 1. The smallest absolute Gasteiger partial charge is 0.266 e. The number of rotatable bonds is 5. The predicted molar refractivity (Wildman–Crippen MR) is 110 cm³/mol. The Hall–Kier alpha value is -1.85. The van der Waals surface area contributed by atoms with Crippen LogP contribution in [0.3, 0.4) is 0 Å². The van der Waals surface area contributed by atoms with Crippen LogP contribution in [-0.4, -0.2) is 28.3 Å². The second-order valence-electron chi connectivity index (χ2n) is 6.32. The lowest BCUT2D eigenvalue weighted by Gasteiger charge is -2.16. The molecule has 2 aromatic carbocycles. The Morgan fingerprint density at radius 2 is 2.00 bits per heavy atom. The number of benzene rings is 2. The fraction of sp³-hybridized carbons (Fsp3) is 0.300. The number of fused-ring (bicyclic) bond motifs is 1. The summed E-state index contributed by atoms with van der Waals surface area (Å²) in [5, 5.41) is 2.19. The molecule has 0 aromatic heterocycles. The van der Waals surface area contributed by atoms with Gasteiger partial charge in [0.2, 0.25) is 0 Å².